The third-order valence-electron chi connectivity index (χ3n) is 4.94. The number of piperidine rings is 1. The van der Waals surface area contributed by atoms with Crippen molar-refractivity contribution in [3.63, 3.8) is 0 Å². The molecule has 2 rings (SSSR count). The van der Waals surface area contributed by atoms with Crippen molar-refractivity contribution in [1.29, 1.82) is 0 Å². The first kappa shape index (κ1) is 22.1. The molecule has 1 unspecified atom stereocenters. The van der Waals surface area contributed by atoms with Crippen LogP contribution in [0.15, 0.2) is 22.5 Å². The van der Waals surface area contributed by atoms with E-state index in [0.717, 1.165) is 25.6 Å². The van der Waals surface area contributed by atoms with Crippen LogP contribution >= 0.6 is 11.3 Å². The SMILES string of the molecule is CCS(=O)(=O)NCCNC(=NC)NCC(c1cccs1)N1CCC(C)CC1. The second-order valence-corrected chi connectivity index (χ2v) is 10.0. The van der Waals surface area contributed by atoms with Crippen LogP contribution in [-0.2, 0) is 10.0 Å². The highest BCUT2D eigenvalue weighted by molar-refractivity contribution is 7.89. The van der Waals surface area contributed by atoms with Crippen LogP contribution in [0.1, 0.15) is 37.6 Å². The summed E-state index contributed by atoms with van der Waals surface area (Å²) in [5, 5.41) is 8.70. The summed E-state index contributed by atoms with van der Waals surface area (Å²) in [4.78, 5) is 8.18. The zero-order valence-corrected chi connectivity index (χ0v) is 18.2. The molecule has 2 heterocycles. The Morgan fingerprint density at radius 2 is 2.07 bits per heavy atom. The number of rotatable bonds is 9. The fraction of sp³-hybridized carbons (Fsp3) is 0.722. The Bertz CT molecular complexity index is 668. The van der Waals surface area contributed by atoms with E-state index in [1.54, 1.807) is 25.3 Å². The van der Waals surface area contributed by atoms with E-state index in [1.807, 2.05) is 0 Å². The molecule has 7 nitrogen and oxygen atoms in total. The van der Waals surface area contributed by atoms with Crippen molar-refractivity contribution in [2.45, 2.75) is 32.7 Å². The van der Waals surface area contributed by atoms with Gasteiger partial charge in [0.1, 0.15) is 0 Å². The lowest BCUT2D eigenvalue weighted by Gasteiger charge is -2.36. The van der Waals surface area contributed by atoms with Gasteiger partial charge in [0.05, 0.1) is 11.8 Å². The van der Waals surface area contributed by atoms with Crippen molar-refractivity contribution in [2.75, 3.05) is 45.5 Å². The van der Waals surface area contributed by atoms with E-state index >= 15 is 0 Å². The van der Waals surface area contributed by atoms with E-state index in [0.29, 0.717) is 25.1 Å². The molecule has 1 aromatic heterocycles. The second-order valence-electron chi connectivity index (χ2n) is 6.93. The van der Waals surface area contributed by atoms with Gasteiger partial charge in [0, 0.05) is 31.6 Å². The quantitative estimate of drug-likeness (QED) is 0.324. The Morgan fingerprint density at radius 1 is 1.33 bits per heavy atom. The van der Waals surface area contributed by atoms with Gasteiger partial charge in [-0.3, -0.25) is 9.89 Å². The van der Waals surface area contributed by atoms with E-state index < -0.39 is 10.0 Å². The molecule has 1 aliphatic heterocycles. The maximum Gasteiger partial charge on any atom is 0.211 e. The lowest BCUT2D eigenvalue weighted by Crippen LogP contribution is -2.46. The number of nitrogens with zero attached hydrogens (tertiary/aromatic N) is 2. The fourth-order valence-electron chi connectivity index (χ4n) is 3.13. The number of aliphatic imine (C=N–C) groups is 1. The van der Waals surface area contributed by atoms with Gasteiger partial charge in [-0.25, -0.2) is 13.1 Å². The van der Waals surface area contributed by atoms with Crippen molar-refractivity contribution >= 4 is 27.3 Å². The highest BCUT2D eigenvalue weighted by Gasteiger charge is 2.25. The van der Waals surface area contributed by atoms with Gasteiger partial charge in [-0.2, -0.15) is 0 Å². The number of sulfonamides is 1. The normalized spacial score (nSPS) is 18.4. The molecule has 1 aromatic rings. The fourth-order valence-corrected chi connectivity index (χ4v) is 4.61. The molecule has 154 valence electrons. The molecule has 0 bridgehead atoms. The standard InChI is InChI=1S/C18H33N5O2S2/c1-4-27(24,25)22-10-9-20-18(19-3)21-14-16(17-6-5-13-26-17)23-11-7-15(2)8-12-23/h5-6,13,15-16,22H,4,7-12,14H2,1-3H3,(H2,19,20,21). The van der Waals surface area contributed by atoms with Crippen molar-refractivity contribution in [3.05, 3.63) is 22.4 Å². The largest absolute Gasteiger partial charge is 0.355 e. The third-order valence-corrected chi connectivity index (χ3v) is 7.31. The minimum absolute atomic E-state index is 0.0942. The summed E-state index contributed by atoms with van der Waals surface area (Å²) in [6.45, 7) is 7.80. The summed E-state index contributed by atoms with van der Waals surface area (Å²) in [7, 11) is -1.42. The number of thiophene rings is 1. The molecule has 0 spiro atoms. The zero-order chi connectivity index (χ0) is 19.7. The van der Waals surface area contributed by atoms with Crippen LogP contribution in [0.5, 0.6) is 0 Å². The van der Waals surface area contributed by atoms with E-state index in [4.69, 9.17) is 0 Å². The highest BCUT2D eigenvalue weighted by Crippen LogP contribution is 2.28. The first-order valence-corrected chi connectivity index (χ1v) is 12.2. The molecule has 0 aliphatic carbocycles. The third kappa shape index (κ3) is 7.40. The Morgan fingerprint density at radius 3 is 2.67 bits per heavy atom. The average Bonchev–Trinajstić information content (AvgIpc) is 3.19. The van der Waals surface area contributed by atoms with E-state index in [9.17, 15) is 8.42 Å². The van der Waals surface area contributed by atoms with Crippen LogP contribution < -0.4 is 15.4 Å². The topological polar surface area (TPSA) is 85.8 Å². The number of hydrogen-bond acceptors (Lipinski definition) is 5. The van der Waals surface area contributed by atoms with Crippen LogP contribution in [0, 0.1) is 5.92 Å². The molecule has 0 aromatic carbocycles. The Hall–Kier alpha value is -1.16. The van der Waals surface area contributed by atoms with Gasteiger partial charge in [0.25, 0.3) is 0 Å². The monoisotopic (exact) mass is 415 g/mol. The van der Waals surface area contributed by atoms with Crippen molar-refractivity contribution in [2.24, 2.45) is 10.9 Å². The maximum absolute atomic E-state index is 11.5. The summed E-state index contributed by atoms with van der Waals surface area (Å²) in [5.74, 6) is 1.59. The molecule has 1 atom stereocenters. The van der Waals surface area contributed by atoms with Crippen LogP contribution in [0.25, 0.3) is 0 Å². The summed E-state index contributed by atoms with van der Waals surface area (Å²) in [5.41, 5.74) is 0. The predicted molar refractivity (Wildman–Crippen MR) is 114 cm³/mol. The summed E-state index contributed by atoms with van der Waals surface area (Å²) >= 11 is 1.79. The van der Waals surface area contributed by atoms with Crippen LogP contribution in [0.2, 0.25) is 0 Å². The molecule has 0 saturated carbocycles. The Kier molecular flexibility index (Phi) is 9.01. The smallest absolute Gasteiger partial charge is 0.211 e. The second kappa shape index (κ2) is 11.0. The molecule has 27 heavy (non-hydrogen) atoms. The molecule has 1 aliphatic rings. The molecule has 9 heteroatoms. The number of likely N-dealkylation sites (tertiary alicyclic amines) is 1. The molecule has 1 fully saturated rings. The van der Waals surface area contributed by atoms with E-state index in [2.05, 4.69) is 49.7 Å². The first-order valence-electron chi connectivity index (χ1n) is 9.64. The molecule has 0 radical (unpaired) electrons. The maximum atomic E-state index is 11.5. The van der Waals surface area contributed by atoms with Crippen LogP contribution in [0.3, 0.4) is 0 Å². The van der Waals surface area contributed by atoms with Crippen molar-refractivity contribution in [1.82, 2.24) is 20.3 Å². The highest BCUT2D eigenvalue weighted by atomic mass is 32.2. The van der Waals surface area contributed by atoms with Crippen molar-refractivity contribution in [3.8, 4) is 0 Å². The van der Waals surface area contributed by atoms with Gasteiger partial charge >= 0.3 is 0 Å². The Balaban J connectivity index is 1.85. The van der Waals surface area contributed by atoms with E-state index in [1.165, 1.54) is 17.7 Å². The first-order chi connectivity index (χ1) is 12.9. The minimum Gasteiger partial charge on any atom is -0.355 e. The number of guanidine groups is 1. The van der Waals surface area contributed by atoms with Crippen LogP contribution in [0.4, 0.5) is 0 Å². The minimum atomic E-state index is -3.15. The molecule has 1 saturated heterocycles. The summed E-state index contributed by atoms with van der Waals surface area (Å²) in [6, 6.07) is 4.63. The molecular weight excluding hydrogens is 382 g/mol. The van der Waals surface area contributed by atoms with Gasteiger partial charge < -0.3 is 10.6 Å². The lowest BCUT2D eigenvalue weighted by molar-refractivity contribution is 0.140. The van der Waals surface area contributed by atoms with Crippen LogP contribution in [-0.4, -0.2) is 64.8 Å². The van der Waals surface area contributed by atoms with Gasteiger partial charge in [0.15, 0.2) is 5.96 Å². The van der Waals surface area contributed by atoms with E-state index in [-0.39, 0.29) is 5.75 Å². The van der Waals surface area contributed by atoms with Gasteiger partial charge in [-0.05, 0) is 50.2 Å². The molecule has 0 amide bonds. The van der Waals surface area contributed by atoms with Crippen molar-refractivity contribution < 1.29 is 8.42 Å². The zero-order valence-electron chi connectivity index (χ0n) is 16.6. The average molecular weight is 416 g/mol. The van der Waals surface area contributed by atoms with Gasteiger partial charge in [-0.1, -0.05) is 13.0 Å². The summed E-state index contributed by atoms with van der Waals surface area (Å²) < 4.78 is 25.5. The van der Waals surface area contributed by atoms with Gasteiger partial charge in [-0.15, -0.1) is 11.3 Å². The van der Waals surface area contributed by atoms with Gasteiger partial charge in [0.2, 0.25) is 10.0 Å². The predicted octanol–water partition coefficient (Wildman–Crippen LogP) is 1.63. The number of hydrogen-bond donors (Lipinski definition) is 3. The molecular formula is C18H33N5O2S2. The Labute approximate surface area is 167 Å². The molecule has 3 N–H and O–H groups in total. The summed E-state index contributed by atoms with van der Waals surface area (Å²) in [6.07, 6.45) is 2.48. The number of nitrogens with one attached hydrogen (secondary N) is 3. The lowest BCUT2D eigenvalue weighted by atomic mass is 9.97.